The zero-order chi connectivity index (χ0) is 12.9. The first-order chi connectivity index (χ1) is 8.02. The van der Waals surface area contributed by atoms with Gasteiger partial charge in [0.15, 0.2) is 0 Å². The zero-order valence-electron chi connectivity index (χ0n) is 10.6. The maximum atomic E-state index is 11.9. The molecule has 0 bridgehead atoms. The Bertz CT molecular complexity index is 281. The smallest absolute Gasteiger partial charge is 0.331 e. The molecule has 1 atom stereocenters. The highest BCUT2D eigenvalue weighted by atomic mass is 16.5. The van der Waals surface area contributed by atoms with Crippen molar-refractivity contribution < 1.29 is 14.3 Å². The average molecular weight is 242 g/mol. The summed E-state index contributed by atoms with van der Waals surface area (Å²) in [5, 5.41) is 2.78. The third kappa shape index (κ3) is 3.43. The second kappa shape index (κ2) is 6.00. The van der Waals surface area contributed by atoms with E-state index in [1.807, 2.05) is 0 Å². The van der Waals surface area contributed by atoms with Crippen LogP contribution in [0.2, 0.25) is 0 Å². The third-order valence-corrected chi connectivity index (χ3v) is 3.31. The van der Waals surface area contributed by atoms with Gasteiger partial charge in [0.25, 0.3) is 0 Å². The zero-order valence-corrected chi connectivity index (χ0v) is 10.6. The van der Waals surface area contributed by atoms with Gasteiger partial charge >= 0.3 is 5.97 Å². The van der Waals surface area contributed by atoms with E-state index in [4.69, 9.17) is 10.5 Å². The van der Waals surface area contributed by atoms with Gasteiger partial charge in [-0.3, -0.25) is 4.79 Å². The molecule has 0 aliphatic heterocycles. The van der Waals surface area contributed by atoms with Crippen LogP contribution in [0.5, 0.6) is 0 Å². The van der Waals surface area contributed by atoms with Crippen LogP contribution in [0.15, 0.2) is 0 Å². The van der Waals surface area contributed by atoms with Crippen molar-refractivity contribution in [2.45, 2.75) is 57.0 Å². The van der Waals surface area contributed by atoms with Gasteiger partial charge in [0, 0.05) is 0 Å². The minimum atomic E-state index is -0.865. The second-order valence-electron chi connectivity index (χ2n) is 4.77. The summed E-state index contributed by atoms with van der Waals surface area (Å²) >= 11 is 0. The molecule has 3 N–H and O–H groups in total. The topological polar surface area (TPSA) is 81.4 Å². The van der Waals surface area contributed by atoms with Crippen LogP contribution in [0.1, 0.15) is 45.4 Å². The minimum absolute atomic E-state index is 0.294. The number of methoxy groups -OCH3 is 1. The normalized spacial score (nSPS) is 21.1. The maximum Gasteiger partial charge on any atom is 0.331 e. The highest BCUT2D eigenvalue weighted by Crippen LogP contribution is 2.28. The summed E-state index contributed by atoms with van der Waals surface area (Å²) in [7, 11) is 1.35. The van der Waals surface area contributed by atoms with E-state index in [-0.39, 0.29) is 11.9 Å². The van der Waals surface area contributed by atoms with E-state index in [0.29, 0.717) is 12.8 Å². The Hall–Kier alpha value is -1.10. The highest BCUT2D eigenvalue weighted by Gasteiger charge is 2.41. The molecule has 1 rings (SSSR count). The molecule has 1 saturated carbocycles. The van der Waals surface area contributed by atoms with Crippen LogP contribution in [0.3, 0.4) is 0 Å². The Morgan fingerprint density at radius 2 is 1.76 bits per heavy atom. The first kappa shape index (κ1) is 14.0. The molecule has 1 aliphatic rings. The average Bonchev–Trinajstić information content (AvgIpc) is 2.54. The van der Waals surface area contributed by atoms with E-state index in [1.54, 1.807) is 6.92 Å². The van der Waals surface area contributed by atoms with E-state index < -0.39 is 11.6 Å². The first-order valence-electron chi connectivity index (χ1n) is 6.18. The molecule has 5 heteroatoms. The quantitative estimate of drug-likeness (QED) is 0.564. The third-order valence-electron chi connectivity index (χ3n) is 3.31. The SMILES string of the molecule is COC(=O)C1(NC(=O)[C@H](C)N)CCCCCC1. The lowest BCUT2D eigenvalue weighted by molar-refractivity contribution is -0.151. The molecule has 1 amide bonds. The summed E-state index contributed by atoms with van der Waals surface area (Å²) in [5.41, 5.74) is 4.66. The van der Waals surface area contributed by atoms with Gasteiger partial charge in [-0.1, -0.05) is 25.7 Å². The summed E-state index contributed by atoms with van der Waals surface area (Å²) in [4.78, 5) is 23.6. The van der Waals surface area contributed by atoms with Crippen molar-refractivity contribution >= 4 is 11.9 Å². The second-order valence-corrected chi connectivity index (χ2v) is 4.77. The van der Waals surface area contributed by atoms with Gasteiger partial charge < -0.3 is 15.8 Å². The Morgan fingerprint density at radius 1 is 1.24 bits per heavy atom. The Morgan fingerprint density at radius 3 is 2.18 bits per heavy atom. The fourth-order valence-electron chi connectivity index (χ4n) is 2.26. The number of ether oxygens (including phenoxy) is 1. The highest BCUT2D eigenvalue weighted by molar-refractivity contribution is 5.90. The van der Waals surface area contributed by atoms with Crippen molar-refractivity contribution in [1.82, 2.24) is 5.32 Å². The molecule has 1 aliphatic carbocycles. The number of amides is 1. The minimum Gasteiger partial charge on any atom is -0.467 e. The molecule has 0 saturated heterocycles. The summed E-state index contributed by atoms with van der Waals surface area (Å²) in [5.74, 6) is -0.647. The number of nitrogens with two attached hydrogens (primary N) is 1. The van der Waals surface area contributed by atoms with E-state index in [9.17, 15) is 9.59 Å². The van der Waals surface area contributed by atoms with Crippen molar-refractivity contribution in [2.75, 3.05) is 7.11 Å². The van der Waals surface area contributed by atoms with Crippen LogP contribution >= 0.6 is 0 Å². The molecule has 98 valence electrons. The maximum absolute atomic E-state index is 11.9. The van der Waals surface area contributed by atoms with Crippen molar-refractivity contribution in [1.29, 1.82) is 0 Å². The van der Waals surface area contributed by atoms with Gasteiger partial charge in [-0.15, -0.1) is 0 Å². The Balaban J connectivity index is 2.84. The van der Waals surface area contributed by atoms with Gasteiger partial charge in [-0.25, -0.2) is 4.79 Å². The number of hydrogen-bond acceptors (Lipinski definition) is 4. The van der Waals surface area contributed by atoms with Crippen molar-refractivity contribution in [3.8, 4) is 0 Å². The molecule has 0 aromatic heterocycles. The molecule has 0 heterocycles. The van der Waals surface area contributed by atoms with Crippen molar-refractivity contribution in [3.63, 3.8) is 0 Å². The molecule has 1 fully saturated rings. The first-order valence-corrected chi connectivity index (χ1v) is 6.18. The molecule has 5 nitrogen and oxygen atoms in total. The summed E-state index contributed by atoms with van der Waals surface area (Å²) in [6.45, 7) is 1.61. The van der Waals surface area contributed by atoms with E-state index in [0.717, 1.165) is 25.7 Å². The van der Waals surface area contributed by atoms with Gasteiger partial charge in [-0.2, -0.15) is 0 Å². The number of hydrogen-bond donors (Lipinski definition) is 2. The van der Waals surface area contributed by atoms with Gasteiger partial charge in [0.05, 0.1) is 13.2 Å². The predicted octanol–water partition coefficient (Wildman–Crippen LogP) is 0.716. The van der Waals surface area contributed by atoms with Gasteiger partial charge in [0.2, 0.25) is 5.91 Å². The van der Waals surface area contributed by atoms with Crippen LogP contribution in [-0.4, -0.2) is 30.6 Å². The lowest BCUT2D eigenvalue weighted by atomic mass is 9.89. The lowest BCUT2D eigenvalue weighted by Gasteiger charge is -2.31. The Labute approximate surface area is 102 Å². The summed E-state index contributed by atoms with van der Waals surface area (Å²) < 4.78 is 4.83. The van der Waals surface area contributed by atoms with Crippen LogP contribution in [0, 0.1) is 0 Å². The summed E-state index contributed by atoms with van der Waals surface area (Å²) in [6, 6.07) is -0.611. The number of carbonyl (C=O) groups is 2. The molecule has 0 aromatic rings. The predicted molar refractivity (Wildman–Crippen MR) is 64.2 cm³/mol. The molecule has 0 spiro atoms. The molecular weight excluding hydrogens is 220 g/mol. The Kier molecular flexibility index (Phi) is 4.93. The molecular formula is C12H22N2O3. The molecule has 0 aromatic carbocycles. The summed E-state index contributed by atoms with van der Waals surface area (Å²) in [6.07, 6.45) is 5.30. The number of rotatable bonds is 3. The lowest BCUT2D eigenvalue weighted by Crippen LogP contribution is -2.57. The molecule has 0 radical (unpaired) electrons. The number of nitrogens with one attached hydrogen (secondary N) is 1. The van der Waals surface area contributed by atoms with Gasteiger partial charge in [0.1, 0.15) is 5.54 Å². The van der Waals surface area contributed by atoms with Crippen LogP contribution in [-0.2, 0) is 14.3 Å². The fourth-order valence-corrected chi connectivity index (χ4v) is 2.26. The standard InChI is InChI=1S/C12H22N2O3/c1-9(13)10(15)14-12(11(16)17-2)7-5-3-4-6-8-12/h9H,3-8,13H2,1-2H3,(H,14,15)/t9-/m0/s1. The monoisotopic (exact) mass is 242 g/mol. The van der Waals surface area contributed by atoms with Crippen LogP contribution < -0.4 is 11.1 Å². The van der Waals surface area contributed by atoms with E-state index in [2.05, 4.69) is 5.32 Å². The van der Waals surface area contributed by atoms with Crippen molar-refractivity contribution in [3.05, 3.63) is 0 Å². The largest absolute Gasteiger partial charge is 0.467 e. The van der Waals surface area contributed by atoms with E-state index >= 15 is 0 Å². The number of carbonyl (C=O) groups excluding carboxylic acids is 2. The van der Waals surface area contributed by atoms with E-state index in [1.165, 1.54) is 7.11 Å². The molecule has 0 unspecified atom stereocenters. The van der Waals surface area contributed by atoms with Gasteiger partial charge in [-0.05, 0) is 19.8 Å². The fraction of sp³-hybridized carbons (Fsp3) is 0.833. The van der Waals surface area contributed by atoms with Crippen LogP contribution in [0.25, 0.3) is 0 Å². The van der Waals surface area contributed by atoms with Crippen LogP contribution in [0.4, 0.5) is 0 Å². The number of esters is 1. The van der Waals surface area contributed by atoms with Crippen molar-refractivity contribution in [2.24, 2.45) is 5.73 Å². The molecule has 17 heavy (non-hydrogen) atoms.